The second-order valence-corrected chi connectivity index (χ2v) is 6.73. The number of rotatable bonds is 2. The van der Waals surface area contributed by atoms with Gasteiger partial charge in [0.2, 0.25) is 5.89 Å². The number of hydrogen-bond donors (Lipinski definition) is 0. The first-order valence-electron chi connectivity index (χ1n) is 9.49. The number of aromatic nitrogens is 1. The molecule has 0 fully saturated rings. The predicted octanol–water partition coefficient (Wildman–Crippen LogP) is 6.56. The van der Waals surface area contributed by atoms with Crippen LogP contribution in [0.3, 0.4) is 0 Å². The summed E-state index contributed by atoms with van der Waals surface area (Å²) in [5.41, 5.74) is 6.78. The molecule has 0 saturated carbocycles. The molecular weight excluding hydrogens is 354 g/mol. The van der Waals surface area contributed by atoms with Crippen molar-refractivity contribution in [3.63, 3.8) is 0 Å². The summed E-state index contributed by atoms with van der Waals surface area (Å²) in [5.74, 6) is 7.14. The fourth-order valence-corrected chi connectivity index (χ4v) is 3.28. The number of para-hydroxylation sites is 2. The Hall–Kier alpha value is -4.09. The largest absolute Gasteiger partial charge is 0.436 e. The first kappa shape index (κ1) is 17.0. The van der Waals surface area contributed by atoms with Crippen molar-refractivity contribution in [3.05, 3.63) is 114 Å². The van der Waals surface area contributed by atoms with E-state index < -0.39 is 0 Å². The molecule has 5 rings (SSSR count). The highest BCUT2D eigenvalue weighted by molar-refractivity contribution is 5.77. The molecule has 0 unspecified atom stereocenters. The second-order valence-electron chi connectivity index (χ2n) is 6.73. The van der Waals surface area contributed by atoms with Gasteiger partial charge < -0.3 is 4.42 Å². The Balaban J connectivity index is 1.47. The molecule has 0 aliphatic rings. The van der Waals surface area contributed by atoms with Gasteiger partial charge in [-0.2, -0.15) is 0 Å². The topological polar surface area (TPSA) is 26.0 Å². The lowest BCUT2D eigenvalue weighted by Gasteiger charge is -2.01. The zero-order valence-electron chi connectivity index (χ0n) is 15.7. The van der Waals surface area contributed by atoms with Crippen LogP contribution in [0.5, 0.6) is 0 Å². The van der Waals surface area contributed by atoms with Crippen LogP contribution in [-0.4, -0.2) is 4.98 Å². The third-order valence-corrected chi connectivity index (χ3v) is 4.78. The Morgan fingerprint density at radius 1 is 0.586 bits per heavy atom. The van der Waals surface area contributed by atoms with Crippen LogP contribution in [-0.2, 0) is 0 Å². The fraction of sp³-hybridized carbons (Fsp3) is 0. The van der Waals surface area contributed by atoms with E-state index in [1.807, 2.05) is 66.7 Å². The van der Waals surface area contributed by atoms with E-state index in [4.69, 9.17) is 4.42 Å². The molecule has 0 N–H and O–H groups in total. The minimum absolute atomic E-state index is 0.593. The third kappa shape index (κ3) is 3.54. The van der Waals surface area contributed by atoms with Gasteiger partial charge in [-0.15, -0.1) is 0 Å². The smallest absolute Gasteiger partial charge is 0.228 e. The van der Waals surface area contributed by atoms with Gasteiger partial charge in [-0.3, -0.25) is 0 Å². The number of nitrogens with zero attached hydrogens (tertiary/aromatic N) is 1. The molecule has 1 heterocycles. The van der Waals surface area contributed by atoms with Crippen molar-refractivity contribution in [1.82, 2.24) is 4.98 Å². The third-order valence-electron chi connectivity index (χ3n) is 4.78. The summed E-state index contributed by atoms with van der Waals surface area (Å²) in [7, 11) is 0. The minimum atomic E-state index is 0.593. The van der Waals surface area contributed by atoms with Crippen LogP contribution >= 0.6 is 0 Å². The quantitative estimate of drug-likeness (QED) is 0.328. The van der Waals surface area contributed by atoms with Crippen molar-refractivity contribution in [2.75, 3.05) is 0 Å². The average molecular weight is 371 g/mol. The molecule has 0 aliphatic carbocycles. The van der Waals surface area contributed by atoms with Crippen molar-refractivity contribution >= 4 is 11.1 Å². The van der Waals surface area contributed by atoms with E-state index in [9.17, 15) is 0 Å². The molecule has 5 aromatic rings. The minimum Gasteiger partial charge on any atom is -0.436 e. The van der Waals surface area contributed by atoms with Crippen molar-refractivity contribution in [3.8, 4) is 34.4 Å². The van der Waals surface area contributed by atoms with Crippen molar-refractivity contribution in [2.24, 2.45) is 0 Å². The van der Waals surface area contributed by atoms with Crippen LogP contribution in [0.25, 0.3) is 33.7 Å². The maximum atomic E-state index is 5.93. The normalized spacial score (nSPS) is 10.5. The van der Waals surface area contributed by atoms with Crippen LogP contribution in [0.1, 0.15) is 11.1 Å². The van der Waals surface area contributed by atoms with Gasteiger partial charge >= 0.3 is 0 Å². The van der Waals surface area contributed by atoms with E-state index in [0.717, 1.165) is 27.8 Å². The molecule has 0 amide bonds. The lowest BCUT2D eigenvalue weighted by atomic mass is 10.0. The number of benzene rings is 4. The van der Waals surface area contributed by atoms with Gasteiger partial charge in [0, 0.05) is 11.1 Å². The second kappa shape index (κ2) is 7.50. The van der Waals surface area contributed by atoms with Crippen molar-refractivity contribution in [2.45, 2.75) is 0 Å². The van der Waals surface area contributed by atoms with E-state index in [1.165, 1.54) is 11.1 Å². The molecule has 4 aromatic carbocycles. The van der Waals surface area contributed by atoms with Gasteiger partial charge in [0.1, 0.15) is 5.52 Å². The summed E-state index contributed by atoms with van der Waals surface area (Å²) in [6.07, 6.45) is 0. The van der Waals surface area contributed by atoms with E-state index in [0.29, 0.717) is 5.89 Å². The molecule has 29 heavy (non-hydrogen) atoms. The highest BCUT2D eigenvalue weighted by Crippen LogP contribution is 2.26. The van der Waals surface area contributed by atoms with Crippen LogP contribution in [0, 0.1) is 11.8 Å². The molecule has 0 saturated heterocycles. The monoisotopic (exact) mass is 371 g/mol. The zero-order chi connectivity index (χ0) is 19.5. The van der Waals surface area contributed by atoms with Gasteiger partial charge in [-0.05, 0) is 47.5 Å². The van der Waals surface area contributed by atoms with E-state index in [-0.39, 0.29) is 0 Å². The first-order valence-corrected chi connectivity index (χ1v) is 9.49. The Bertz CT molecular complexity index is 1300. The molecular formula is C27H17NO. The van der Waals surface area contributed by atoms with Gasteiger partial charge in [0.15, 0.2) is 5.58 Å². The van der Waals surface area contributed by atoms with Crippen molar-refractivity contribution < 1.29 is 4.42 Å². The maximum Gasteiger partial charge on any atom is 0.228 e. The van der Waals surface area contributed by atoms with Gasteiger partial charge in [0.25, 0.3) is 0 Å². The summed E-state index contributed by atoms with van der Waals surface area (Å²) >= 11 is 0. The molecule has 1 aromatic heterocycles. The van der Waals surface area contributed by atoms with E-state index in [2.05, 4.69) is 53.2 Å². The molecule has 0 aliphatic heterocycles. The molecule has 0 atom stereocenters. The molecule has 136 valence electrons. The molecule has 2 nitrogen and oxygen atoms in total. The van der Waals surface area contributed by atoms with Crippen LogP contribution in [0.4, 0.5) is 0 Å². The lowest BCUT2D eigenvalue weighted by Crippen LogP contribution is -1.84. The van der Waals surface area contributed by atoms with Gasteiger partial charge in [0.05, 0.1) is 5.56 Å². The van der Waals surface area contributed by atoms with E-state index in [1.54, 1.807) is 0 Å². The zero-order valence-corrected chi connectivity index (χ0v) is 15.7. The highest BCUT2D eigenvalue weighted by Gasteiger charge is 2.10. The SMILES string of the molecule is C(#Cc1ccccc1-c1nc2ccccc2o1)c1ccc(-c2ccccc2)cc1. The van der Waals surface area contributed by atoms with E-state index >= 15 is 0 Å². The first-order chi connectivity index (χ1) is 14.4. The maximum absolute atomic E-state index is 5.93. The predicted molar refractivity (Wildman–Crippen MR) is 117 cm³/mol. The van der Waals surface area contributed by atoms with Gasteiger partial charge in [-0.25, -0.2) is 4.98 Å². The van der Waals surface area contributed by atoms with Gasteiger partial charge in [-0.1, -0.05) is 78.6 Å². The molecule has 2 heteroatoms. The van der Waals surface area contributed by atoms with Crippen LogP contribution in [0.2, 0.25) is 0 Å². The standard InChI is InChI=1S/C27H17NO/c1-2-8-21(9-3-1)22-17-14-20(15-18-22)16-19-23-10-4-5-11-24(23)27-28-25-12-6-7-13-26(25)29-27/h1-15,17-18H. The Morgan fingerprint density at radius 3 is 2.10 bits per heavy atom. The number of fused-ring (bicyclic) bond motifs is 1. The number of oxazole rings is 1. The Morgan fingerprint density at radius 2 is 1.28 bits per heavy atom. The average Bonchev–Trinajstić information content (AvgIpc) is 3.23. The highest BCUT2D eigenvalue weighted by atomic mass is 16.3. The summed E-state index contributed by atoms with van der Waals surface area (Å²) in [4.78, 5) is 4.61. The summed E-state index contributed by atoms with van der Waals surface area (Å²) in [5, 5.41) is 0. The summed E-state index contributed by atoms with van der Waals surface area (Å²) < 4.78 is 5.93. The summed E-state index contributed by atoms with van der Waals surface area (Å²) in [6, 6.07) is 34.4. The fourth-order valence-electron chi connectivity index (χ4n) is 3.28. The number of hydrogen-bond acceptors (Lipinski definition) is 2. The Labute approximate surface area is 169 Å². The lowest BCUT2D eigenvalue weighted by molar-refractivity contribution is 0.619. The molecule has 0 radical (unpaired) electrons. The summed E-state index contributed by atoms with van der Waals surface area (Å²) in [6.45, 7) is 0. The van der Waals surface area contributed by atoms with Crippen molar-refractivity contribution in [1.29, 1.82) is 0 Å². The molecule has 0 bridgehead atoms. The van der Waals surface area contributed by atoms with Crippen LogP contribution < -0.4 is 0 Å². The Kier molecular flexibility index (Phi) is 4.41. The molecule has 0 spiro atoms. The van der Waals surface area contributed by atoms with Crippen LogP contribution in [0.15, 0.2) is 108 Å².